The molecule has 0 saturated heterocycles. The predicted octanol–water partition coefficient (Wildman–Crippen LogP) is 9.82. The van der Waals surface area contributed by atoms with Gasteiger partial charge in [-0.2, -0.15) is 0 Å². The van der Waals surface area contributed by atoms with E-state index in [1.165, 1.54) is 4.57 Å². The van der Waals surface area contributed by atoms with Gasteiger partial charge in [-0.05, 0) is 50.9 Å². The van der Waals surface area contributed by atoms with Crippen molar-refractivity contribution < 1.29 is 17.8 Å². The van der Waals surface area contributed by atoms with Crippen molar-refractivity contribution in [3.8, 4) is 28.2 Å². The van der Waals surface area contributed by atoms with E-state index in [9.17, 15) is 5.48 Å². The molecule has 0 aliphatic carbocycles. The Morgan fingerprint density at radius 1 is 0.538 bits per heavy atom. The molecular formula is C37H24N2. The average Bonchev–Trinajstić information content (AvgIpc) is 3.53. The first-order valence-electron chi connectivity index (χ1n) is 18.8. The van der Waals surface area contributed by atoms with Gasteiger partial charge < -0.3 is 0 Å². The topological polar surface area (TPSA) is 17.8 Å². The van der Waals surface area contributed by atoms with Crippen molar-refractivity contribution in [2.24, 2.45) is 0 Å². The quantitative estimate of drug-likeness (QED) is 0.217. The number of hydrogen-bond acceptors (Lipinski definition) is 1. The van der Waals surface area contributed by atoms with Gasteiger partial charge in [0.1, 0.15) is 5.82 Å². The molecule has 0 bridgehead atoms. The van der Waals surface area contributed by atoms with Crippen LogP contribution in [0.1, 0.15) is 17.8 Å². The molecule has 0 aliphatic rings. The number of hydrogen-bond donors (Lipinski definition) is 0. The van der Waals surface area contributed by atoms with Crippen LogP contribution in [0.4, 0.5) is 0 Å². The molecule has 1 aromatic heterocycles. The Morgan fingerprint density at radius 3 is 1.90 bits per heavy atom. The van der Waals surface area contributed by atoms with Gasteiger partial charge in [-0.3, -0.25) is 4.57 Å². The van der Waals surface area contributed by atoms with Gasteiger partial charge >= 0.3 is 0 Å². The molecule has 0 amide bonds. The monoisotopic (exact) mass is 509 g/mol. The van der Waals surface area contributed by atoms with Crippen molar-refractivity contribution >= 4 is 43.4 Å². The second kappa shape index (κ2) is 8.68. The van der Waals surface area contributed by atoms with Gasteiger partial charge in [-0.25, -0.2) is 4.98 Å². The van der Waals surface area contributed by atoms with E-state index >= 15 is 0 Å². The van der Waals surface area contributed by atoms with Crippen LogP contribution in [0.25, 0.3) is 71.6 Å². The molecule has 0 N–H and O–H groups in total. The SMILES string of the molecule is [2H]c1c([2H])c([2H])c(-c2nc3ccccc3n2-c2c3c([2H])c([2H])c([2H])c([2H])c3c(-c3ccc4ccccc4c3)c3c([2H])c([2H])c([2H])c([2H])c23)c([2H])c1[2H]. The molecule has 0 saturated carbocycles. The lowest BCUT2D eigenvalue weighted by Gasteiger charge is -2.20. The van der Waals surface area contributed by atoms with Crippen LogP contribution in [0.5, 0.6) is 0 Å². The molecule has 182 valence electrons. The minimum Gasteiger partial charge on any atom is -0.291 e. The Kier molecular flexibility index (Phi) is 2.79. The predicted molar refractivity (Wildman–Crippen MR) is 164 cm³/mol. The molecule has 0 fully saturated rings. The number of para-hydroxylation sites is 2. The van der Waals surface area contributed by atoms with E-state index in [0.717, 1.165) is 10.8 Å². The summed E-state index contributed by atoms with van der Waals surface area (Å²) < 4.78 is 116. The van der Waals surface area contributed by atoms with Gasteiger partial charge in [0.2, 0.25) is 0 Å². The maximum absolute atomic E-state index is 9.34. The summed E-state index contributed by atoms with van der Waals surface area (Å²) in [5.74, 6) is -0.181. The van der Waals surface area contributed by atoms with E-state index in [1.54, 1.807) is 36.4 Å². The van der Waals surface area contributed by atoms with Crippen LogP contribution in [-0.2, 0) is 0 Å². The number of nitrogens with zero attached hydrogens (tertiary/aromatic N) is 2. The molecule has 2 heteroatoms. The molecule has 0 spiro atoms. The molecular weight excluding hydrogens is 472 g/mol. The first-order chi connectivity index (χ1) is 24.8. The molecule has 7 aromatic carbocycles. The Morgan fingerprint density at radius 2 is 1.15 bits per heavy atom. The minimum absolute atomic E-state index is 0.0291. The van der Waals surface area contributed by atoms with Crippen LogP contribution in [0.15, 0.2) is 145 Å². The number of aromatic nitrogens is 2. The van der Waals surface area contributed by atoms with E-state index in [0.29, 0.717) is 16.6 Å². The summed E-state index contributed by atoms with van der Waals surface area (Å²) in [6.07, 6.45) is 0. The summed E-state index contributed by atoms with van der Waals surface area (Å²) in [5.41, 5.74) is 0.785. The molecule has 0 aliphatic heterocycles. The smallest absolute Gasteiger partial charge is 0.145 e. The average molecular weight is 510 g/mol. The lowest BCUT2D eigenvalue weighted by Crippen LogP contribution is -2.01. The fourth-order valence-corrected chi connectivity index (χ4v) is 5.24. The van der Waals surface area contributed by atoms with E-state index in [-0.39, 0.29) is 44.2 Å². The first-order valence-corrected chi connectivity index (χ1v) is 12.3. The van der Waals surface area contributed by atoms with Crippen LogP contribution in [0.2, 0.25) is 0 Å². The Bertz CT molecular complexity index is 2790. The van der Waals surface area contributed by atoms with Crippen LogP contribution in [0.3, 0.4) is 0 Å². The van der Waals surface area contributed by atoms with Crippen LogP contribution in [-0.4, -0.2) is 9.55 Å². The second-order valence-corrected chi connectivity index (χ2v) is 9.05. The fourth-order valence-electron chi connectivity index (χ4n) is 5.24. The lowest BCUT2D eigenvalue weighted by molar-refractivity contribution is 1.13. The standard InChI is InChI=1S/C37H24N2/c1-2-13-26(14-3-1)37-38-33-20-10-11-21-34(33)39(37)36-31-18-8-6-16-29(31)35(30-17-7-9-19-32(30)36)28-23-22-25-12-4-5-15-27(25)24-28/h1-24H/i1D,2D,3D,6D,7D,8D,9D,13D,14D,16D,17D,18D,19D. The Labute approximate surface area is 244 Å². The number of imidazole rings is 1. The Hall–Kier alpha value is -5.21. The van der Waals surface area contributed by atoms with Gasteiger partial charge in [0, 0.05) is 16.3 Å². The summed E-state index contributed by atoms with van der Waals surface area (Å²) in [4.78, 5) is 4.72. The fraction of sp³-hybridized carbons (Fsp3) is 0. The summed E-state index contributed by atoms with van der Waals surface area (Å²) >= 11 is 0. The number of rotatable bonds is 3. The highest BCUT2D eigenvalue weighted by Gasteiger charge is 2.21. The van der Waals surface area contributed by atoms with Gasteiger partial charge in [-0.1, -0.05) is 127 Å². The third kappa shape index (κ3) is 3.39. The van der Waals surface area contributed by atoms with Crippen molar-refractivity contribution in [1.82, 2.24) is 9.55 Å². The summed E-state index contributed by atoms with van der Waals surface area (Å²) in [6.45, 7) is 0. The molecule has 8 rings (SSSR count). The minimum atomic E-state index is -0.625. The lowest BCUT2D eigenvalue weighted by atomic mass is 9.89. The zero-order chi connectivity index (χ0) is 37.1. The van der Waals surface area contributed by atoms with Gasteiger partial charge in [0.15, 0.2) is 0 Å². The Balaban J connectivity index is 1.72. The van der Waals surface area contributed by atoms with Crippen molar-refractivity contribution in [2.45, 2.75) is 0 Å². The van der Waals surface area contributed by atoms with Crippen LogP contribution < -0.4 is 0 Å². The van der Waals surface area contributed by atoms with Crippen molar-refractivity contribution in [1.29, 1.82) is 0 Å². The van der Waals surface area contributed by atoms with E-state index in [1.807, 2.05) is 30.3 Å². The van der Waals surface area contributed by atoms with E-state index in [2.05, 4.69) is 0 Å². The van der Waals surface area contributed by atoms with Crippen LogP contribution in [0, 0.1) is 0 Å². The third-order valence-electron chi connectivity index (χ3n) is 6.89. The maximum Gasteiger partial charge on any atom is 0.145 e. The zero-order valence-corrected chi connectivity index (χ0v) is 20.2. The molecule has 1 heterocycles. The van der Waals surface area contributed by atoms with E-state index < -0.39 is 78.6 Å². The highest BCUT2D eigenvalue weighted by molar-refractivity contribution is 6.19. The van der Waals surface area contributed by atoms with Gasteiger partial charge in [0.25, 0.3) is 0 Å². The molecule has 8 aromatic rings. The van der Waals surface area contributed by atoms with Gasteiger partial charge in [0.05, 0.1) is 34.5 Å². The van der Waals surface area contributed by atoms with Crippen molar-refractivity contribution in [3.63, 3.8) is 0 Å². The molecule has 39 heavy (non-hydrogen) atoms. The maximum atomic E-state index is 9.34. The number of benzene rings is 7. The molecule has 2 nitrogen and oxygen atoms in total. The highest BCUT2D eigenvalue weighted by Crippen LogP contribution is 2.43. The zero-order valence-electron chi connectivity index (χ0n) is 33.2. The second-order valence-electron chi connectivity index (χ2n) is 9.05. The number of fused-ring (bicyclic) bond motifs is 4. The normalized spacial score (nSPS) is 16.3. The molecule has 0 unspecified atom stereocenters. The van der Waals surface area contributed by atoms with Crippen LogP contribution >= 0.6 is 0 Å². The third-order valence-corrected chi connectivity index (χ3v) is 6.89. The summed E-state index contributed by atoms with van der Waals surface area (Å²) in [7, 11) is 0. The first kappa shape index (κ1) is 12.6. The largest absolute Gasteiger partial charge is 0.291 e. The molecule has 0 atom stereocenters. The summed E-state index contributed by atoms with van der Waals surface area (Å²) in [6, 6.07) is 12.2. The molecule has 0 radical (unpaired) electrons. The highest BCUT2D eigenvalue weighted by atomic mass is 15.1. The van der Waals surface area contributed by atoms with E-state index in [4.69, 9.17) is 17.3 Å². The van der Waals surface area contributed by atoms with Gasteiger partial charge in [-0.15, -0.1) is 0 Å². The summed E-state index contributed by atoms with van der Waals surface area (Å²) in [5, 5.41) is 1.40. The van der Waals surface area contributed by atoms with Crippen molar-refractivity contribution in [2.75, 3.05) is 0 Å². The van der Waals surface area contributed by atoms with Crippen molar-refractivity contribution in [3.05, 3.63) is 145 Å².